The number of nitrogens with zero attached hydrogens (tertiary/aromatic N) is 1. The molecule has 2 heterocycles. The predicted octanol–water partition coefficient (Wildman–Crippen LogP) is 3.22. The lowest BCUT2D eigenvalue weighted by Crippen LogP contribution is -2.41. The molecule has 5 heteroatoms. The average molecular weight is 295 g/mol. The molecule has 0 aliphatic rings. The van der Waals surface area contributed by atoms with Crippen molar-refractivity contribution in [1.29, 1.82) is 0 Å². The van der Waals surface area contributed by atoms with Gasteiger partial charge >= 0.3 is 0 Å². The molecule has 102 valence electrons. The molecule has 0 spiro atoms. The molecule has 0 fully saturated rings. The summed E-state index contributed by atoms with van der Waals surface area (Å²) in [4.78, 5) is 14.3. The van der Waals surface area contributed by atoms with Gasteiger partial charge in [0.05, 0.1) is 18.2 Å². The first-order chi connectivity index (χ1) is 9.26. The number of carbonyl (C=O) groups excluding carboxylic acids is 1. The second-order valence-corrected chi connectivity index (χ2v) is 5.88. The fourth-order valence-corrected chi connectivity index (χ4v) is 3.24. The Bertz CT molecular complexity index is 490. The van der Waals surface area contributed by atoms with Gasteiger partial charge in [-0.2, -0.15) is 22.7 Å². The normalized spacial score (nSPS) is 12.3. The van der Waals surface area contributed by atoms with Gasteiger partial charge in [0.15, 0.2) is 0 Å². The van der Waals surface area contributed by atoms with Crippen molar-refractivity contribution >= 4 is 28.6 Å². The molecule has 0 aliphatic heterocycles. The summed E-state index contributed by atoms with van der Waals surface area (Å²) in [5.41, 5.74) is 1.81. The highest BCUT2D eigenvalue weighted by Crippen LogP contribution is 2.18. The summed E-state index contributed by atoms with van der Waals surface area (Å²) in [5.74, 6) is -0.00616. The maximum Gasteiger partial charge on any atom is 0.255 e. The van der Waals surface area contributed by atoms with Gasteiger partial charge in [0.25, 0.3) is 5.91 Å². The molecule has 1 amide bonds. The minimum absolute atomic E-state index is 0.00346. The number of amides is 1. The summed E-state index contributed by atoms with van der Waals surface area (Å²) in [6.45, 7) is 2.54. The standard InChI is InChI=1S/C14H17NO2S2/c1-2-13(8-16)15(7-11-3-5-18-9-11)14(17)12-4-6-19-10-12/h3-6,9-10,13,16H,2,7-8H2,1H3. The van der Waals surface area contributed by atoms with Crippen molar-refractivity contribution in [2.45, 2.75) is 25.9 Å². The number of thiophene rings is 2. The number of hydrogen-bond acceptors (Lipinski definition) is 4. The van der Waals surface area contributed by atoms with Crippen LogP contribution in [0.2, 0.25) is 0 Å². The summed E-state index contributed by atoms with van der Waals surface area (Å²) in [6, 6.07) is 3.72. The Hall–Kier alpha value is -1.17. The number of hydrogen-bond donors (Lipinski definition) is 1. The first kappa shape index (κ1) is 14.2. The van der Waals surface area contributed by atoms with Crippen LogP contribution in [0.3, 0.4) is 0 Å². The monoisotopic (exact) mass is 295 g/mol. The van der Waals surface area contributed by atoms with Crippen LogP contribution in [-0.4, -0.2) is 28.6 Å². The van der Waals surface area contributed by atoms with Crippen LogP contribution < -0.4 is 0 Å². The summed E-state index contributed by atoms with van der Waals surface area (Å²) in [7, 11) is 0. The summed E-state index contributed by atoms with van der Waals surface area (Å²) in [6.07, 6.45) is 0.747. The Kier molecular flexibility index (Phi) is 5.13. The Balaban J connectivity index is 2.20. The second-order valence-electron chi connectivity index (χ2n) is 4.32. The van der Waals surface area contributed by atoms with Crippen LogP contribution in [0.25, 0.3) is 0 Å². The van der Waals surface area contributed by atoms with E-state index in [-0.39, 0.29) is 18.6 Å². The largest absolute Gasteiger partial charge is 0.394 e. The molecular weight excluding hydrogens is 278 g/mol. The SMILES string of the molecule is CCC(CO)N(Cc1ccsc1)C(=O)c1ccsc1. The first-order valence-corrected chi connectivity index (χ1v) is 8.10. The molecule has 19 heavy (non-hydrogen) atoms. The van der Waals surface area contributed by atoms with Crippen LogP contribution >= 0.6 is 22.7 Å². The molecule has 2 rings (SSSR count). The molecule has 0 aliphatic carbocycles. The number of aliphatic hydroxyl groups excluding tert-OH is 1. The van der Waals surface area contributed by atoms with Gasteiger partial charge in [0.1, 0.15) is 0 Å². The van der Waals surface area contributed by atoms with E-state index in [0.717, 1.165) is 12.0 Å². The van der Waals surface area contributed by atoms with E-state index in [4.69, 9.17) is 0 Å². The second kappa shape index (κ2) is 6.84. The van der Waals surface area contributed by atoms with E-state index in [1.54, 1.807) is 16.2 Å². The zero-order valence-corrected chi connectivity index (χ0v) is 12.4. The summed E-state index contributed by atoms with van der Waals surface area (Å²) >= 11 is 3.13. The molecule has 0 saturated heterocycles. The molecule has 1 N–H and O–H groups in total. The molecule has 0 saturated carbocycles. The zero-order chi connectivity index (χ0) is 13.7. The molecule has 2 aromatic heterocycles. The van der Waals surface area contributed by atoms with Crippen molar-refractivity contribution in [3.63, 3.8) is 0 Å². The van der Waals surface area contributed by atoms with Gasteiger partial charge in [-0.25, -0.2) is 0 Å². The number of aliphatic hydroxyl groups is 1. The van der Waals surface area contributed by atoms with Crippen LogP contribution in [0.15, 0.2) is 33.7 Å². The lowest BCUT2D eigenvalue weighted by atomic mass is 10.1. The maximum atomic E-state index is 12.5. The molecule has 1 atom stereocenters. The molecule has 0 radical (unpaired) electrons. The molecule has 2 aromatic rings. The fourth-order valence-electron chi connectivity index (χ4n) is 1.95. The quantitative estimate of drug-likeness (QED) is 0.889. The van der Waals surface area contributed by atoms with Crippen molar-refractivity contribution in [1.82, 2.24) is 4.90 Å². The van der Waals surface area contributed by atoms with Gasteiger partial charge in [-0.3, -0.25) is 4.79 Å². The Morgan fingerprint density at radius 2 is 2.05 bits per heavy atom. The lowest BCUT2D eigenvalue weighted by Gasteiger charge is -2.29. The highest BCUT2D eigenvalue weighted by Gasteiger charge is 2.23. The minimum Gasteiger partial charge on any atom is -0.394 e. The highest BCUT2D eigenvalue weighted by atomic mass is 32.1. The fraction of sp³-hybridized carbons (Fsp3) is 0.357. The smallest absolute Gasteiger partial charge is 0.255 e. The highest BCUT2D eigenvalue weighted by molar-refractivity contribution is 7.08. The first-order valence-electron chi connectivity index (χ1n) is 6.21. The number of carbonyl (C=O) groups is 1. The van der Waals surface area contributed by atoms with Crippen molar-refractivity contribution in [2.75, 3.05) is 6.61 Å². The summed E-state index contributed by atoms with van der Waals surface area (Å²) < 4.78 is 0. The van der Waals surface area contributed by atoms with Crippen LogP contribution in [-0.2, 0) is 6.54 Å². The van der Waals surface area contributed by atoms with E-state index >= 15 is 0 Å². The predicted molar refractivity (Wildman–Crippen MR) is 79.7 cm³/mol. The third-order valence-corrected chi connectivity index (χ3v) is 4.50. The molecule has 1 unspecified atom stereocenters. The van der Waals surface area contributed by atoms with Gasteiger partial charge < -0.3 is 10.0 Å². The van der Waals surface area contributed by atoms with E-state index in [1.165, 1.54) is 11.3 Å². The van der Waals surface area contributed by atoms with Gasteiger partial charge in [-0.15, -0.1) is 0 Å². The van der Waals surface area contributed by atoms with Crippen molar-refractivity contribution in [3.05, 3.63) is 44.8 Å². The number of rotatable bonds is 6. The topological polar surface area (TPSA) is 40.5 Å². The van der Waals surface area contributed by atoms with Gasteiger partial charge in [-0.05, 0) is 40.3 Å². The third kappa shape index (κ3) is 3.43. The molecule has 0 aromatic carbocycles. The van der Waals surface area contributed by atoms with Crippen molar-refractivity contribution in [3.8, 4) is 0 Å². The maximum absolute atomic E-state index is 12.5. The molecular formula is C14H17NO2S2. The van der Waals surface area contributed by atoms with E-state index in [0.29, 0.717) is 12.1 Å². The van der Waals surface area contributed by atoms with Crippen molar-refractivity contribution < 1.29 is 9.90 Å². The third-order valence-electron chi connectivity index (χ3n) is 3.08. The van der Waals surface area contributed by atoms with E-state index in [2.05, 4.69) is 0 Å². The molecule has 3 nitrogen and oxygen atoms in total. The van der Waals surface area contributed by atoms with Crippen LogP contribution in [0.1, 0.15) is 29.3 Å². The zero-order valence-electron chi connectivity index (χ0n) is 10.8. The average Bonchev–Trinajstić information content (AvgIpc) is 3.11. The van der Waals surface area contributed by atoms with Gasteiger partial charge in [-0.1, -0.05) is 6.92 Å². The van der Waals surface area contributed by atoms with Crippen LogP contribution in [0.5, 0.6) is 0 Å². The minimum atomic E-state index is -0.132. The molecule has 0 bridgehead atoms. The van der Waals surface area contributed by atoms with E-state index < -0.39 is 0 Å². The Morgan fingerprint density at radius 3 is 2.58 bits per heavy atom. The van der Waals surface area contributed by atoms with E-state index in [1.807, 2.05) is 40.6 Å². The summed E-state index contributed by atoms with van der Waals surface area (Å²) in [5, 5.41) is 17.3. The Morgan fingerprint density at radius 1 is 1.32 bits per heavy atom. The van der Waals surface area contributed by atoms with Gasteiger partial charge in [0, 0.05) is 11.9 Å². The lowest BCUT2D eigenvalue weighted by molar-refractivity contribution is 0.0564. The Labute approximate surface area is 121 Å². The van der Waals surface area contributed by atoms with Crippen LogP contribution in [0.4, 0.5) is 0 Å². The van der Waals surface area contributed by atoms with Crippen molar-refractivity contribution in [2.24, 2.45) is 0 Å². The van der Waals surface area contributed by atoms with Crippen LogP contribution in [0, 0.1) is 0 Å². The van der Waals surface area contributed by atoms with Gasteiger partial charge in [0.2, 0.25) is 0 Å². The van der Waals surface area contributed by atoms with E-state index in [9.17, 15) is 9.90 Å².